The summed E-state index contributed by atoms with van der Waals surface area (Å²) in [5.41, 5.74) is 0. The Morgan fingerprint density at radius 3 is 2.54 bits per heavy atom. The van der Waals surface area contributed by atoms with E-state index < -0.39 is 0 Å². The van der Waals surface area contributed by atoms with Gasteiger partial charge in [0.2, 0.25) is 0 Å². The monoisotopic (exact) mass is 187 g/mol. The zero-order chi connectivity index (χ0) is 10.3. The molecule has 0 saturated heterocycles. The highest BCUT2D eigenvalue weighted by Gasteiger charge is 2.13. The number of hydrogen-bond donors (Lipinski definition) is 1. The summed E-state index contributed by atoms with van der Waals surface area (Å²) >= 11 is 0. The second-order valence-corrected chi connectivity index (χ2v) is 3.52. The molecule has 1 N–H and O–H groups in total. The van der Waals surface area contributed by atoms with Gasteiger partial charge in [0.05, 0.1) is 13.0 Å². The summed E-state index contributed by atoms with van der Waals surface area (Å²) in [5, 5.41) is 3.30. The quantitative estimate of drug-likeness (QED) is 0.641. The molecule has 0 amide bonds. The van der Waals surface area contributed by atoms with Crippen LogP contribution in [-0.4, -0.2) is 25.7 Å². The van der Waals surface area contributed by atoms with Crippen LogP contribution in [-0.2, 0) is 9.53 Å². The Morgan fingerprint density at radius 1 is 1.46 bits per heavy atom. The summed E-state index contributed by atoms with van der Waals surface area (Å²) in [7, 11) is 1.42. The number of hydrogen-bond acceptors (Lipinski definition) is 3. The molecule has 78 valence electrons. The maximum Gasteiger partial charge on any atom is 0.309 e. The van der Waals surface area contributed by atoms with E-state index in [4.69, 9.17) is 0 Å². The lowest BCUT2D eigenvalue weighted by atomic mass is 10.1. The third kappa shape index (κ3) is 5.64. The molecule has 0 aromatic rings. The van der Waals surface area contributed by atoms with Gasteiger partial charge in [0.15, 0.2) is 0 Å². The molecule has 0 aromatic heterocycles. The van der Waals surface area contributed by atoms with Gasteiger partial charge in [-0.15, -0.1) is 0 Å². The van der Waals surface area contributed by atoms with E-state index in [1.165, 1.54) is 13.5 Å². The van der Waals surface area contributed by atoms with Crippen molar-refractivity contribution >= 4 is 5.97 Å². The van der Waals surface area contributed by atoms with Gasteiger partial charge in [-0.05, 0) is 13.3 Å². The van der Waals surface area contributed by atoms with E-state index in [-0.39, 0.29) is 11.9 Å². The van der Waals surface area contributed by atoms with Crippen LogP contribution in [0.4, 0.5) is 0 Å². The first-order chi connectivity index (χ1) is 6.11. The van der Waals surface area contributed by atoms with Crippen LogP contribution < -0.4 is 5.32 Å². The number of carbonyl (C=O) groups is 1. The third-order valence-corrected chi connectivity index (χ3v) is 2.10. The van der Waals surface area contributed by atoms with Gasteiger partial charge in [-0.25, -0.2) is 0 Å². The van der Waals surface area contributed by atoms with E-state index in [1.807, 2.05) is 6.92 Å². The summed E-state index contributed by atoms with van der Waals surface area (Å²) in [4.78, 5) is 11.0. The molecular formula is C10H21NO2. The fraction of sp³-hybridized carbons (Fsp3) is 0.900. The summed E-state index contributed by atoms with van der Waals surface area (Å²) < 4.78 is 4.63. The van der Waals surface area contributed by atoms with E-state index in [2.05, 4.69) is 23.9 Å². The minimum absolute atomic E-state index is 0.0516. The van der Waals surface area contributed by atoms with Gasteiger partial charge in [0.25, 0.3) is 0 Å². The van der Waals surface area contributed by atoms with Crippen LogP contribution in [0, 0.1) is 5.92 Å². The van der Waals surface area contributed by atoms with Crippen LogP contribution in [0.3, 0.4) is 0 Å². The average Bonchev–Trinajstić information content (AvgIpc) is 2.13. The number of ether oxygens (including phenoxy) is 1. The molecule has 3 heteroatoms. The fourth-order valence-electron chi connectivity index (χ4n) is 1.20. The molecule has 0 rings (SSSR count). The molecule has 0 aliphatic rings. The molecule has 0 unspecified atom stereocenters. The Kier molecular flexibility index (Phi) is 6.59. The second-order valence-electron chi connectivity index (χ2n) is 3.52. The lowest BCUT2D eigenvalue weighted by Crippen LogP contribution is -2.33. The highest BCUT2D eigenvalue weighted by molar-refractivity contribution is 5.72. The standard InChI is InChI=1S/C10H21NO2/c1-5-6-9(3)11-7-8(2)10(12)13-4/h8-9,11H,5-7H2,1-4H3/t8-,9-/m1/s1. The van der Waals surface area contributed by atoms with Crippen LogP contribution in [0.2, 0.25) is 0 Å². The van der Waals surface area contributed by atoms with Crippen molar-refractivity contribution in [2.75, 3.05) is 13.7 Å². The normalized spacial score (nSPS) is 15.1. The molecule has 3 nitrogen and oxygen atoms in total. The first-order valence-electron chi connectivity index (χ1n) is 4.93. The van der Waals surface area contributed by atoms with Crippen molar-refractivity contribution in [3.63, 3.8) is 0 Å². The average molecular weight is 187 g/mol. The Bertz CT molecular complexity index is 148. The van der Waals surface area contributed by atoms with Crippen LogP contribution in [0.15, 0.2) is 0 Å². The molecule has 0 fully saturated rings. The molecular weight excluding hydrogens is 166 g/mol. The summed E-state index contributed by atoms with van der Waals surface area (Å²) in [5.74, 6) is -0.194. The number of nitrogens with one attached hydrogen (secondary N) is 1. The van der Waals surface area contributed by atoms with Gasteiger partial charge in [0, 0.05) is 12.6 Å². The fourth-order valence-corrected chi connectivity index (χ4v) is 1.20. The molecule has 0 spiro atoms. The maximum atomic E-state index is 11.0. The van der Waals surface area contributed by atoms with Crippen molar-refractivity contribution in [2.45, 2.75) is 39.7 Å². The molecule has 0 aliphatic carbocycles. The largest absolute Gasteiger partial charge is 0.469 e. The van der Waals surface area contributed by atoms with Crippen LogP contribution in [0.5, 0.6) is 0 Å². The van der Waals surface area contributed by atoms with Crippen LogP contribution in [0.25, 0.3) is 0 Å². The SMILES string of the molecule is CCC[C@@H](C)NC[C@@H](C)C(=O)OC. The van der Waals surface area contributed by atoms with Crippen molar-refractivity contribution in [2.24, 2.45) is 5.92 Å². The van der Waals surface area contributed by atoms with E-state index in [1.54, 1.807) is 0 Å². The Morgan fingerprint density at radius 2 is 2.08 bits per heavy atom. The maximum absolute atomic E-state index is 11.0. The number of esters is 1. The van der Waals surface area contributed by atoms with Gasteiger partial charge in [-0.1, -0.05) is 20.3 Å². The van der Waals surface area contributed by atoms with E-state index in [9.17, 15) is 4.79 Å². The minimum Gasteiger partial charge on any atom is -0.469 e. The molecule has 0 bridgehead atoms. The number of carbonyl (C=O) groups excluding carboxylic acids is 1. The minimum atomic E-state index is -0.142. The summed E-state index contributed by atoms with van der Waals surface area (Å²) in [6.45, 7) is 6.86. The summed E-state index contributed by atoms with van der Waals surface area (Å²) in [6.07, 6.45) is 2.31. The van der Waals surface area contributed by atoms with Crippen LogP contribution in [0.1, 0.15) is 33.6 Å². The van der Waals surface area contributed by atoms with Crippen molar-refractivity contribution < 1.29 is 9.53 Å². The highest BCUT2D eigenvalue weighted by atomic mass is 16.5. The second kappa shape index (κ2) is 6.89. The third-order valence-electron chi connectivity index (χ3n) is 2.10. The van der Waals surface area contributed by atoms with Crippen molar-refractivity contribution in [1.29, 1.82) is 0 Å². The van der Waals surface area contributed by atoms with Crippen molar-refractivity contribution in [3.05, 3.63) is 0 Å². The molecule has 0 saturated carbocycles. The Hall–Kier alpha value is -0.570. The molecule has 0 radical (unpaired) electrons. The van der Waals surface area contributed by atoms with Crippen molar-refractivity contribution in [3.8, 4) is 0 Å². The molecule has 0 heterocycles. The van der Waals surface area contributed by atoms with Gasteiger partial charge in [0.1, 0.15) is 0 Å². The van der Waals surface area contributed by atoms with Gasteiger partial charge in [-0.2, -0.15) is 0 Å². The zero-order valence-electron chi connectivity index (χ0n) is 9.09. The molecule has 13 heavy (non-hydrogen) atoms. The first-order valence-corrected chi connectivity index (χ1v) is 4.93. The zero-order valence-corrected chi connectivity index (χ0v) is 9.09. The predicted molar refractivity (Wildman–Crippen MR) is 53.6 cm³/mol. The van der Waals surface area contributed by atoms with E-state index in [0.29, 0.717) is 12.6 Å². The van der Waals surface area contributed by atoms with Gasteiger partial charge >= 0.3 is 5.97 Å². The predicted octanol–water partition coefficient (Wildman–Crippen LogP) is 1.57. The first kappa shape index (κ1) is 12.4. The number of methoxy groups -OCH3 is 1. The van der Waals surface area contributed by atoms with Gasteiger partial charge < -0.3 is 10.1 Å². The summed E-state index contributed by atoms with van der Waals surface area (Å²) in [6, 6.07) is 0.483. The Balaban J connectivity index is 3.56. The molecule has 0 aliphatic heterocycles. The Labute approximate surface area is 80.8 Å². The van der Waals surface area contributed by atoms with E-state index >= 15 is 0 Å². The van der Waals surface area contributed by atoms with Crippen molar-refractivity contribution in [1.82, 2.24) is 5.32 Å². The topological polar surface area (TPSA) is 38.3 Å². The number of rotatable bonds is 6. The highest BCUT2D eigenvalue weighted by Crippen LogP contribution is 1.99. The van der Waals surface area contributed by atoms with E-state index in [0.717, 1.165) is 6.42 Å². The molecule has 2 atom stereocenters. The molecule has 0 aromatic carbocycles. The lowest BCUT2D eigenvalue weighted by Gasteiger charge is -2.15. The van der Waals surface area contributed by atoms with Gasteiger partial charge in [-0.3, -0.25) is 4.79 Å². The smallest absolute Gasteiger partial charge is 0.309 e. The lowest BCUT2D eigenvalue weighted by molar-refractivity contribution is -0.144. The van der Waals surface area contributed by atoms with Crippen LogP contribution >= 0.6 is 0 Å².